The molecule has 3 aliphatic heterocycles. The number of fused-ring (bicyclic) bond motifs is 5. The third-order valence-corrected chi connectivity index (χ3v) is 11.0. The number of halogens is 1. The van der Waals surface area contributed by atoms with Crippen molar-refractivity contribution in [3.05, 3.63) is 52.2 Å². The van der Waals surface area contributed by atoms with Gasteiger partial charge in [-0.2, -0.15) is 0 Å². The van der Waals surface area contributed by atoms with E-state index in [2.05, 4.69) is 57.9 Å². The zero-order valence-corrected chi connectivity index (χ0v) is 26.7. The number of carbonyl (C=O) groups excluding carboxylic acids is 3. The molecule has 0 saturated carbocycles. The minimum absolute atomic E-state index is 0.0870. The Hall–Kier alpha value is -2.95. The van der Waals surface area contributed by atoms with Crippen molar-refractivity contribution in [2.45, 2.75) is 83.5 Å². The van der Waals surface area contributed by atoms with Crippen LogP contribution in [0.15, 0.2) is 41.0 Å². The molecule has 4 heterocycles. The molecule has 3 N–H and O–H groups in total. The molecule has 2 aromatic rings. The molecule has 2 aliphatic carbocycles. The number of H-pyrrole nitrogens is 1. The number of aliphatic hydroxyl groups is 1. The Morgan fingerprint density at radius 3 is 2.81 bits per heavy atom. The van der Waals surface area contributed by atoms with Crippen LogP contribution < -0.4 is 5.32 Å². The van der Waals surface area contributed by atoms with Crippen molar-refractivity contribution >= 4 is 50.1 Å². The summed E-state index contributed by atoms with van der Waals surface area (Å²) in [6, 6.07) is 4.61. The number of nitrogens with zero attached hydrogens (tertiary/aromatic N) is 2. The van der Waals surface area contributed by atoms with Gasteiger partial charge >= 0.3 is 0 Å². The lowest BCUT2D eigenvalue weighted by Crippen LogP contribution is -2.71. The summed E-state index contributed by atoms with van der Waals surface area (Å²) in [5.74, 6) is -3.20. The van der Waals surface area contributed by atoms with Crippen LogP contribution in [-0.4, -0.2) is 67.9 Å². The number of nitrogens with one attached hydrogen (secondary N) is 2. The second-order valence-electron chi connectivity index (χ2n) is 13.6. The monoisotopic (exact) mass is 650 g/mol. The van der Waals surface area contributed by atoms with Crippen molar-refractivity contribution in [2.24, 2.45) is 23.7 Å². The largest absolute Gasteiger partial charge is 0.349 e. The molecule has 0 radical (unpaired) electrons. The van der Waals surface area contributed by atoms with Gasteiger partial charge in [0, 0.05) is 17.4 Å². The summed E-state index contributed by atoms with van der Waals surface area (Å²) in [4.78, 5) is 48.4. The van der Waals surface area contributed by atoms with E-state index in [-0.39, 0.29) is 35.1 Å². The Bertz CT molecular complexity index is 1610. The summed E-state index contributed by atoms with van der Waals surface area (Å²) in [6.07, 6.45) is 5.10. The van der Waals surface area contributed by atoms with E-state index in [4.69, 9.17) is 4.74 Å². The fourth-order valence-corrected chi connectivity index (χ4v) is 8.90. The van der Waals surface area contributed by atoms with Crippen molar-refractivity contribution in [1.29, 1.82) is 0 Å². The van der Waals surface area contributed by atoms with Gasteiger partial charge in [0.1, 0.15) is 12.1 Å². The van der Waals surface area contributed by atoms with Crippen LogP contribution in [0.3, 0.4) is 0 Å². The van der Waals surface area contributed by atoms with Crippen LogP contribution in [-0.2, 0) is 25.5 Å². The van der Waals surface area contributed by atoms with Crippen molar-refractivity contribution in [3.63, 3.8) is 0 Å². The highest BCUT2D eigenvalue weighted by atomic mass is 79.9. The zero-order valence-electron chi connectivity index (χ0n) is 25.1. The quantitative estimate of drug-likeness (QED) is 0.414. The molecule has 5 aliphatic rings. The SMILES string of the molecule is C=C(C)[C@@]1(NC(=O)[C@@H]2C=C3c4cccc5[nH]c(Br)c(c45)C[C@H]3C(C)C2)OC2(O)[C@@H]3CCCN3C(=O)C(CC(C)C)N2C1=O. The van der Waals surface area contributed by atoms with Gasteiger partial charge in [0.05, 0.1) is 10.5 Å². The number of hydrogen-bond donors (Lipinski definition) is 3. The normalized spacial score (nSPS) is 34.8. The molecule has 7 atom stereocenters. The average molecular weight is 652 g/mol. The van der Waals surface area contributed by atoms with E-state index in [0.29, 0.717) is 32.2 Å². The number of amides is 3. The van der Waals surface area contributed by atoms with E-state index in [1.807, 2.05) is 19.9 Å². The number of allylic oxidation sites excluding steroid dienone is 1. The van der Waals surface area contributed by atoms with Gasteiger partial charge in [0.25, 0.3) is 11.8 Å². The lowest BCUT2D eigenvalue weighted by molar-refractivity contribution is -0.313. The van der Waals surface area contributed by atoms with E-state index in [0.717, 1.165) is 27.7 Å². The first-order chi connectivity index (χ1) is 20.4. The molecule has 1 aromatic carbocycles. The van der Waals surface area contributed by atoms with Crippen LogP contribution in [0.5, 0.6) is 0 Å². The molecule has 10 heteroatoms. The average Bonchev–Trinajstić information content (AvgIpc) is 3.63. The van der Waals surface area contributed by atoms with Crippen LogP contribution in [0, 0.1) is 23.7 Å². The maximum absolute atomic E-state index is 14.4. The van der Waals surface area contributed by atoms with Crippen LogP contribution >= 0.6 is 15.9 Å². The lowest BCUT2D eigenvalue weighted by Gasteiger charge is -2.49. The van der Waals surface area contributed by atoms with Gasteiger partial charge in [0.2, 0.25) is 17.5 Å². The highest BCUT2D eigenvalue weighted by Crippen LogP contribution is 2.51. The molecular weight excluding hydrogens is 612 g/mol. The van der Waals surface area contributed by atoms with Gasteiger partial charge in [-0.25, -0.2) is 0 Å². The van der Waals surface area contributed by atoms with E-state index in [1.165, 1.54) is 15.8 Å². The minimum Gasteiger partial charge on any atom is -0.349 e. The van der Waals surface area contributed by atoms with Gasteiger partial charge in [-0.1, -0.05) is 45.6 Å². The Morgan fingerprint density at radius 1 is 1.33 bits per heavy atom. The molecule has 3 saturated heterocycles. The predicted molar refractivity (Wildman–Crippen MR) is 165 cm³/mol. The molecule has 0 spiro atoms. The Labute approximate surface area is 259 Å². The van der Waals surface area contributed by atoms with Gasteiger partial charge < -0.3 is 20.3 Å². The number of hydrogen-bond acceptors (Lipinski definition) is 5. The summed E-state index contributed by atoms with van der Waals surface area (Å²) in [6.45, 7) is 12.3. The van der Waals surface area contributed by atoms with Gasteiger partial charge in [-0.15, -0.1) is 0 Å². The van der Waals surface area contributed by atoms with Crippen LogP contribution in [0.25, 0.3) is 16.5 Å². The van der Waals surface area contributed by atoms with Gasteiger partial charge in [0.15, 0.2) is 0 Å². The summed E-state index contributed by atoms with van der Waals surface area (Å²) < 4.78 is 7.36. The first kappa shape index (κ1) is 28.8. The van der Waals surface area contributed by atoms with Crippen molar-refractivity contribution in [1.82, 2.24) is 20.1 Å². The Kier molecular flexibility index (Phi) is 6.55. The molecule has 7 rings (SSSR count). The van der Waals surface area contributed by atoms with E-state index < -0.39 is 35.5 Å². The van der Waals surface area contributed by atoms with Gasteiger partial charge in [-0.05, 0) is 101 Å². The second kappa shape index (κ2) is 9.78. The highest BCUT2D eigenvalue weighted by Gasteiger charge is 2.71. The minimum atomic E-state index is -2.06. The zero-order chi connectivity index (χ0) is 30.6. The lowest BCUT2D eigenvalue weighted by atomic mass is 9.67. The smallest absolute Gasteiger partial charge is 0.285 e. The summed E-state index contributed by atoms with van der Waals surface area (Å²) in [7, 11) is 0. The third kappa shape index (κ3) is 3.98. The molecule has 3 amide bonds. The maximum atomic E-state index is 14.4. The summed E-state index contributed by atoms with van der Waals surface area (Å²) >= 11 is 3.71. The molecule has 1 aromatic heterocycles. The Morgan fingerprint density at radius 2 is 2.09 bits per heavy atom. The first-order valence-corrected chi connectivity index (χ1v) is 16.2. The topological polar surface area (TPSA) is 115 Å². The van der Waals surface area contributed by atoms with E-state index >= 15 is 0 Å². The fraction of sp³-hybridized carbons (Fsp3) is 0.545. The van der Waals surface area contributed by atoms with Crippen LogP contribution in [0.4, 0.5) is 0 Å². The standard InChI is InChI=1S/C33H39BrN4O5/c1-16(2)12-25-30(40)37-11-7-10-26(37)33(42)38(25)31(41)32(43-33,17(3)4)36-29(39)19-13-18(5)21-15-23-27-20(22(21)14-19)8-6-9-24(27)35-28(23)34/h6,8-9,14,16,18-19,21,25-26,35,42H,3,7,10-13,15H2,1-2,4-5H3,(H,36,39)/t18?,19-,21-,25?,26-,32+,33?/m0/s1. The summed E-state index contributed by atoms with van der Waals surface area (Å²) in [5, 5.41) is 16.2. The number of aromatic nitrogens is 1. The third-order valence-electron chi connectivity index (χ3n) is 10.4. The molecular formula is C33H39BrN4O5. The first-order valence-electron chi connectivity index (χ1n) is 15.4. The van der Waals surface area contributed by atoms with E-state index in [1.54, 1.807) is 11.8 Å². The number of ether oxygens (including phenoxy) is 1. The van der Waals surface area contributed by atoms with Gasteiger partial charge in [-0.3, -0.25) is 24.0 Å². The number of piperazine rings is 1. The number of carbonyl (C=O) groups is 3. The van der Waals surface area contributed by atoms with E-state index in [9.17, 15) is 19.5 Å². The highest BCUT2D eigenvalue weighted by molar-refractivity contribution is 9.10. The maximum Gasteiger partial charge on any atom is 0.285 e. The molecule has 3 unspecified atom stereocenters. The number of aromatic amines is 1. The van der Waals surface area contributed by atoms with Crippen molar-refractivity contribution in [3.8, 4) is 0 Å². The molecule has 3 fully saturated rings. The van der Waals surface area contributed by atoms with Crippen LogP contribution in [0.1, 0.15) is 64.5 Å². The molecule has 43 heavy (non-hydrogen) atoms. The predicted octanol–water partition coefficient (Wildman–Crippen LogP) is 4.45. The Balaban J connectivity index is 1.25. The molecule has 228 valence electrons. The number of benzene rings is 1. The van der Waals surface area contributed by atoms with Crippen LogP contribution in [0.2, 0.25) is 0 Å². The van der Waals surface area contributed by atoms with Crippen molar-refractivity contribution < 1.29 is 24.2 Å². The second-order valence-corrected chi connectivity index (χ2v) is 14.4. The fourth-order valence-electron chi connectivity index (χ4n) is 8.32. The summed E-state index contributed by atoms with van der Waals surface area (Å²) in [5.41, 5.74) is 2.87. The molecule has 9 nitrogen and oxygen atoms in total. The van der Waals surface area contributed by atoms with Crippen molar-refractivity contribution in [2.75, 3.05) is 6.54 Å². The number of rotatable bonds is 5. The molecule has 0 bridgehead atoms.